The minimum atomic E-state index is -3.25. The van der Waals surface area contributed by atoms with Gasteiger partial charge in [0.25, 0.3) is 0 Å². The van der Waals surface area contributed by atoms with Crippen LogP contribution in [0.25, 0.3) is 0 Å². The van der Waals surface area contributed by atoms with Crippen molar-refractivity contribution in [3.63, 3.8) is 0 Å². The summed E-state index contributed by atoms with van der Waals surface area (Å²) in [6.07, 6.45) is -1.05. The zero-order chi connectivity index (χ0) is 22.3. The van der Waals surface area contributed by atoms with Crippen molar-refractivity contribution in [3.05, 3.63) is 24.3 Å². The number of anilines is 1. The van der Waals surface area contributed by atoms with Gasteiger partial charge in [0.05, 0.1) is 25.5 Å². The van der Waals surface area contributed by atoms with E-state index in [1.165, 1.54) is 6.92 Å². The highest BCUT2D eigenvalue weighted by Crippen LogP contribution is 2.49. The van der Waals surface area contributed by atoms with Crippen LogP contribution in [0.4, 0.5) is 5.69 Å². The number of esters is 1. The number of benzene rings is 1. The second-order valence-electron chi connectivity index (χ2n) is 7.48. The molecule has 8 nitrogen and oxygen atoms in total. The molecular formula is C21H34NO7P. The van der Waals surface area contributed by atoms with Gasteiger partial charge < -0.3 is 29.0 Å². The SMILES string of the molecule is CCOP(=O)(CC[C@H]1O[C@H](Oc2ccc(N)cc2)[C@@H](C)[C@@H](C)[C@@H]1OC(C)=O)OCC. The van der Waals surface area contributed by atoms with Gasteiger partial charge >= 0.3 is 13.6 Å². The highest BCUT2D eigenvalue weighted by Gasteiger charge is 2.45. The fourth-order valence-corrected chi connectivity index (χ4v) is 5.22. The van der Waals surface area contributed by atoms with Crippen LogP contribution in [0.5, 0.6) is 5.75 Å². The van der Waals surface area contributed by atoms with E-state index in [-0.39, 0.29) is 37.2 Å². The van der Waals surface area contributed by atoms with Gasteiger partial charge in [-0.25, -0.2) is 0 Å². The molecule has 9 heteroatoms. The zero-order valence-electron chi connectivity index (χ0n) is 18.4. The number of nitrogens with two attached hydrogens (primary N) is 1. The molecule has 0 radical (unpaired) electrons. The van der Waals surface area contributed by atoms with Crippen LogP contribution in [0, 0.1) is 11.8 Å². The Bertz CT molecular complexity index is 717. The number of ether oxygens (including phenoxy) is 3. The van der Waals surface area contributed by atoms with Crippen molar-refractivity contribution in [2.45, 2.75) is 59.5 Å². The molecule has 170 valence electrons. The lowest BCUT2D eigenvalue weighted by Gasteiger charge is -2.44. The molecule has 1 heterocycles. The second kappa shape index (κ2) is 11.1. The van der Waals surface area contributed by atoms with Crippen molar-refractivity contribution in [1.82, 2.24) is 0 Å². The van der Waals surface area contributed by atoms with E-state index in [9.17, 15) is 9.36 Å². The molecule has 0 unspecified atom stereocenters. The Hall–Kier alpha value is -1.60. The maximum absolute atomic E-state index is 12.9. The number of rotatable bonds is 10. The largest absolute Gasteiger partial charge is 0.465 e. The predicted molar refractivity (Wildman–Crippen MR) is 114 cm³/mol. The molecule has 2 rings (SSSR count). The van der Waals surface area contributed by atoms with E-state index in [1.54, 1.807) is 38.1 Å². The standard InChI is InChI=1S/C21H34NO7P/c1-6-25-30(24,26-7-2)13-12-19-20(27-16(5)23)14(3)15(4)21(29-19)28-18-10-8-17(22)9-11-18/h8-11,14-15,19-21H,6-7,12-13,22H2,1-5H3/t14-,15+,19-,20+,21+/m1/s1. The summed E-state index contributed by atoms with van der Waals surface area (Å²) in [5.74, 6) is 0.161. The molecule has 0 aromatic heterocycles. The highest BCUT2D eigenvalue weighted by atomic mass is 31.2. The molecule has 0 aliphatic carbocycles. The Balaban J connectivity index is 2.17. The number of carbonyl (C=O) groups excluding carboxylic acids is 1. The van der Waals surface area contributed by atoms with E-state index in [0.717, 1.165) is 0 Å². The van der Waals surface area contributed by atoms with E-state index < -0.39 is 26.1 Å². The third-order valence-electron chi connectivity index (χ3n) is 5.23. The van der Waals surface area contributed by atoms with Gasteiger partial charge in [0.1, 0.15) is 11.9 Å². The summed E-state index contributed by atoms with van der Waals surface area (Å²) < 4.78 is 41.5. The van der Waals surface area contributed by atoms with Crippen molar-refractivity contribution in [1.29, 1.82) is 0 Å². The number of hydrogen-bond acceptors (Lipinski definition) is 8. The molecule has 1 aliphatic heterocycles. The summed E-state index contributed by atoms with van der Waals surface area (Å²) in [7, 11) is -3.25. The summed E-state index contributed by atoms with van der Waals surface area (Å²) >= 11 is 0. The zero-order valence-corrected chi connectivity index (χ0v) is 19.3. The third-order valence-corrected chi connectivity index (χ3v) is 7.33. The Labute approximate surface area is 178 Å². The minimum absolute atomic E-state index is 0.0370. The molecular weight excluding hydrogens is 409 g/mol. The first-order chi connectivity index (χ1) is 14.2. The summed E-state index contributed by atoms with van der Waals surface area (Å²) in [4.78, 5) is 11.7. The number of nitrogen functional groups attached to an aromatic ring is 1. The lowest BCUT2D eigenvalue weighted by Crippen LogP contribution is -2.53. The van der Waals surface area contributed by atoms with Crippen LogP contribution in [0.15, 0.2) is 24.3 Å². The van der Waals surface area contributed by atoms with Crippen molar-refractivity contribution in [2.75, 3.05) is 25.1 Å². The number of carbonyl (C=O) groups is 1. The van der Waals surface area contributed by atoms with Crippen LogP contribution >= 0.6 is 7.60 Å². The summed E-state index contributed by atoms with van der Waals surface area (Å²) in [6, 6.07) is 7.07. The van der Waals surface area contributed by atoms with Gasteiger partial charge in [-0.3, -0.25) is 9.36 Å². The minimum Gasteiger partial charge on any atom is -0.465 e. The Morgan fingerprint density at radius 3 is 2.23 bits per heavy atom. The predicted octanol–water partition coefficient (Wildman–Crippen LogP) is 4.23. The quantitative estimate of drug-likeness (QED) is 0.325. The Kier molecular flexibility index (Phi) is 9.16. The second-order valence-corrected chi connectivity index (χ2v) is 9.67. The summed E-state index contributed by atoms with van der Waals surface area (Å²) in [6.45, 7) is 9.47. The molecule has 0 amide bonds. The average Bonchev–Trinajstić information content (AvgIpc) is 2.68. The molecule has 1 aliphatic rings. The van der Waals surface area contributed by atoms with E-state index in [1.807, 2.05) is 13.8 Å². The molecule has 2 N–H and O–H groups in total. The van der Waals surface area contributed by atoms with Crippen molar-refractivity contribution >= 4 is 19.3 Å². The highest BCUT2D eigenvalue weighted by molar-refractivity contribution is 7.53. The van der Waals surface area contributed by atoms with Crippen LogP contribution in [-0.2, 0) is 27.9 Å². The van der Waals surface area contributed by atoms with E-state index in [2.05, 4.69) is 0 Å². The molecule has 30 heavy (non-hydrogen) atoms. The first-order valence-corrected chi connectivity index (χ1v) is 12.1. The van der Waals surface area contributed by atoms with E-state index >= 15 is 0 Å². The maximum Gasteiger partial charge on any atom is 0.330 e. The van der Waals surface area contributed by atoms with E-state index in [4.69, 9.17) is 29.0 Å². The van der Waals surface area contributed by atoms with Crippen molar-refractivity contribution < 1.29 is 32.6 Å². The van der Waals surface area contributed by atoms with E-state index in [0.29, 0.717) is 17.9 Å². The lowest BCUT2D eigenvalue weighted by atomic mass is 9.83. The van der Waals surface area contributed by atoms with Crippen molar-refractivity contribution in [2.24, 2.45) is 11.8 Å². The van der Waals surface area contributed by atoms with Crippen LogP contribution in [0.3, 0.4) is 0 Å². The Morgan fingerprint density at radius 2 is 1.70 bits per heavy atom. The van der Waals surface area contributed by atoms with Gasteiger partial charge in [0.15, 0.2) is 0 Å². The molecule has 1 saturated heterocycles. The van der Waals surface area contributed by atoms with Crippen LogP contribution in [0.1, 0.15) is 41.0 Å². The molecule has 0 spiro atoms. The molecule has 1 fully saturated rings. The molecule has 1 aromatic rings. The van der Waals surface area contributed by atoms with Gasteiger partial charge in [-0.05, 0) is 44.5 Å². The normalized spacial score (nSPS) is 26.9. The topological polar surface area (TPSA) is 106 Å². The maximum atomic E-state index is 12.9. The third kappa shape index (κ3) is 6.71. The first-order valence-electron chi connectivity index (χ1n) is 10.4. The molecule has 5 atom stereocenters. The average molecular weight is 443 g/mol. The van der Waals surface area contributed by atoms with Crippen LogP contribution < -0.4 is 10.5 Å². The molecule has 0 saturated carbocycles. The van der Waals surface area contributed by atoms with Gasteiger partial charge in [0.2, 0.25) is 6.29 Å². The molecule has 1 aromatic carbocycles. The summed E-state index contributed by atoms with van der Waals surface area (Å²) in [5.41, 5.74) is 6.38. The Morgan fingerprint density at radius 1 is 1.10 bits per heavy atom. The van der Waals surface area contributed by atoms with Gasteiger partial charge in [-0.1, -0.05) is 13.8 Å². The first kappa shape index (κ1) is 24.7. The van der Waals surface area contributed by atoms with Crippen LogP contribution in [-0.4, -0.2) is 43.8 Å². The fraction of sp³-hybridized carbons (Fsp3) is 0.667. The molecule has 0 bridgehead atoms. The fourth-order valence-electron chi connectivity index (χ4n) is 3.53. The summed E-state index contributed by atoms with van der Waals surface area (Å²) in [5, 5.41) is 0. The van der Waals surface area contributed by atoms with Crippen molar-refractivity contribution in [3.8, 4) is 5.75 Å². The number of hydrogen-bond donors (Lipinski definition) is 1. The van der Waals surface area contributed by atoms with Gasteiger partial charge in [-0.15, -0.1) is 0 Å². The van der Waals surface area contributed by atoms with Crippen LogP contribution in [0.2, 0.25) is 0 Å². The van der Waals surface area contributed by atoms with Gasteiger partial charge in [-0.2, -0.15) is 0 Å². The van der Waals surface area contributed by atoms with Gasteiger partial charge in [0, 0.05) is 24.4 Å². The lowest BCUT2D eigenvalue weighted by molar-refractivity contribution is -0.239. The smallest absolute Gasteiger partial charge is 0.330 e. The monoisotopic (exact) mass is 443 g/mol.